The van der Waals surface area contributed by atoms with E-state index in [9.17, 15) is 0 Å². The van der Waals surface area contributed by atoms with Gasteiger partial charge in [0.15, 0.2) is 4.77 Å². The number of rotatable bonds is 4. The number of aromatic amines is 1. The van der Waals surface area contributed by atoms with Gasteiger partial charge in [0.05, 0.1) is 18.1 Å². The highest BCUT2D eigenvalue weighted by molar-refractivity contribution is 7.71. The number of hydrogen-bond acceptors (Lipinski definition) is 3. The molecule has 1 atom stereocenters. The van der Waals surface area contributed by atoms with Gasteiger partial charge < -0.3 is 19.2 Å². The van der Waals surface area contributed by atoms with E-state index in [0.29, 0.717) is 5.92 Å². The molecule has 0 amide bonds. The summed E-state index contributed by atoms with van der Waals surface area (Å²) >= 11 is 5.48. The molecule has 3 rings (SSSR count). The zero-order valence-electron chi connectivity index (χ0n) is 12.1. The number of imidazole rings is 1. The number of methoxy groups -OCH3 is 1. The molecule has 20 heavy (non-hydrogen) atoms. The number of benzene rings is 1. The van der Waals surface area contributed by atoms with Gasteiger partial charge in [-0.25, -0.2) is 0 Å². The summed E-state index contributed by atoms with van der Waals surface area (Å²) in [6.45, 7) is 6.74. The molecule has 2 heterocycles. The largest absolute Gasteiger partial charge is 0.497 e. The van der Waals surface area contributed by atoms with E-state index in [1.807, 2.05) is 12.1 Å². The van der Waals surface area contributed by atoms with E-state index in [2.05, 4.69) is 27.4 Å². The highest BCUT2D eigenvalue weighted by atomic mass is 32.1. The van der Waals surface area contributed by atoms with Gasteiger partial charge in [-0.15, -0.1) is 0 Å². The summed E-state index contributed by atoms with van der Waals surface area (Å²) < 4.78 is 8.35. The van der Waals surface area contributed by atoms with Gasteiger partial charge in [-0.05, 0) is 49.8 Å². The predicted molar refractivity (Wildman–Crippen MR) is 83.9 cm³/mol. The molecule has 108 valence electrons. The summed E-state index contributed by atoms with van der Waals surface area (Å²) in [4.78, 5) is 5.79. The molecule has 1 saturated heterocycles. The molecule has 4 nitrogen and oxygen atoms in total. The maximum atomic E-state index is 5.48. The molecule has 0 bridgehead atoms. The fourth-order valence-electron chi connectivity index (χ4n) is 3.05. The fourth-order valence-corrected chi connectivity index (χ4v) is 3.33. The summed E-state index contributed by atoms with van der Waals surface area (Å²) in [6, 6.07) is 6.06. The van der Waals surface area contributed by atoms with E-state index in [0.717, 1.165) is 34.6 Å². The maximum Gasteiger partial charge on any atom is 0.178 e. The van der Waals surface area contributed by atoms with Crippen molar-refractivity contribution in [2.75, 3.05) is 26.7 Å². The molecule has 0 radical (unpaired) electrons. The lowest BCUT2D eigenvalue weighted by Crippen LogP contribution is -2.21. The van der Waals surface area contributed by atoms with Gasteiger partial charge in [0.25, 0.3) is 0 Å². The molecular weight excluding hydrogens is 270 g/mol. The minimum atomic E-state index is 0.687. The van der Waals surface area contributed by atoms with Crippen LogP contribution in [0.4, 0.5) is 0 Å². The van der Waals surface area contributed by atoms with Gasteiger partial charge >= 0.3 is 0 Å². The van der Waals surface area contributed by atoms with Crippen molar-refractivity contribution in [2.24, 2.45) is 5.92 Å². The lowest BCUT2D eigenvalue weighted by Gasteiger charge is -2.14. The lowest BCUT2D eigenvalue weighted by molar-refractivity contribution is 0.333. The van der Waals surface area contributed by atoms with Gasteiger partial charge in [0.2, 0.25) is 0 Å². The monoisotopic (exact) mass is 291 g/mol. The van der Waals surface area contributed by atoms with Crippen LogP contribution in [0.1, 0.15) is 13.3 Å². The average molecular weight is 291 g/mol. The standard InChI is InChI=1S/C15H21N3OS/c1-3-17-7-6-11(9-17)10-18-14-8-12(19-2)4-5-13(14)16-15(18)20/h4-5,8,11H,3,6-7,9-10H2,1-2H3,(H,16,20). The van der Waals surface area contributed by atoms with E-state index >= 15 is 0 Å². The summed E-state index contributed by atoms with van der Waals surface area (Å²) in [5.74, 6) is 1.56. The first-order chi connectivity index (χ1) is 9.71. The molecule has 1 fully saturated rings. The van der Waals surface area contributed by atoms with Crippen molar-refractivity contribution in [1.29, 1.82) is 0 Å². The second-order valence-corrected chi connectivity index (χ2v) is 5.86. The Bertz CT molecular complexity index is 661. The first-order valence-electron chi connectivity index (χ1n) is 7.20. The van der Waals surface area contributed by atoms with E-state index < -0.39 is 0 Å². The lowest BCUT2D eigenvalue weighted by atomic mass is 10.1. The Morgan fingerprint density at radius 1 is 1.45 bits per heavy atom. The Hall–Kier alpha value is -1.33. The fraction of sp³-hybridized carbons (Fsp3) is 0.533. The van der Waals surface area contributed by atoms with E-state index in [4.69, 9.17) is 17.0 Å². The first-order valence-corrected chi connectivity index (χ1v) is 7.61. The number of nitrogens with one attached hydrogen (secondary N) is 1. The highest BCUT2D eigenvalue weighted by Crippen LogP contribution is 2.24. The van der Waals surface area contributed by atoms with Crippen LogP contribution in [0.25, 0.3) is 11.0 Å². The third kappa shape index (κ3) is 2.47. The van der Waals surface area contributed by atoms with E-state index in [-0.39, 0.29) is 0 Å². The van der Waals surface area contributed by atoms with Crippen LogP contribution < -0.4 is 4.74 Å². The number of aromatic nitrogens is 2. The Labute approximate surface area is 124 Å². The molecular formula is C15H21N3OS. The number of hydrogen-bond donors (Lipinski definition) is 1. The Morgan fingerprint density at radius 3 is 3.00 bits per heavy atom. The molecule has 0 aliphatic carbocycles. The van der Waals surface area contributed by atoms with Crippen molar-refractivity contribution in [2.45, 2.75) is 19.9 Å². The van der Waals surface area contributed by atoms with Crippen LogP contribution in [0.5, 0.6) is 5.75 Å². The zero-order valence-corrected chi connectivity index (χ0v) is 12.9. The molecule has 0 saturated carbocycles. The van der Waals surface area contributed by atoms with Crippen LogP contribution in [-0.2, 0) is 6.54 Å². The first kappa shape index (κ1) is 13.6. The van der Waals surface area contributed by atoms with E-state index in [1.165, 1.54) is 19.5 Å². The van der Waals surface area contributed by atoms with Crippen LogP contribution >= 0.6 is 12.2 Å². The van der Waals surface area contributed by atoms with Gasteiger partial charge in [-0.1, -0.05) is 6.92 Å². The van der Waals surface area contributed by atoms with Gasteiger partial charge in [0, 0.05) is 19.2 Å². The zero-order chi connectivity index (χ0) is 14.1. The normalized spacial score (nSPS) is 19.8. The quantitative estimate of drug-likeness (QED) is 0.879. The topological polar surface area (TPSA) is 33.2 Å². The molecule has 1 N–H and O–H groups in total. The van der Waals surface area contributed by atoms with Crippen molar-refractivity contribution >= 4 is 23.3 Å². The average Bonchev–Trinajstić information content (AvgIpc) is 3.04. The number of ether oxygens (including phenoxy) is 1. The van der Waals surface area contributed by atoms with Crippen LogP contribution in [-0.4, -0.2) is 41.2 Å². The molecule has 1 aliphatic rings. The van der Waals surface area contributed by atoms with Crippen molar-refractivity contribution in [3.8, 4) is 5.75 Å². The Morgan fingerprint density at radius 2 is 2.30 bits per heavy atom. The second-order valence-electron chi connectivity index (χ2n) is 5.47. The third-order valence-electron chi connectivity index (χ3n) is 4.24. The summed E-state index contributed by atoms with van der Waals surface area (Å²) in [7, 11) is 1.70. The molecule has 5 heteroatoms. The van der Waals surface area contributed by atoms with Crippen LogP contribution in [0.3, 0.4) is 0 Å². The molecule has 1 aromatic heterocycles. The molecule has 1 unspecified atom stereocenters. The van der Waals surface area contributed by atoms with Crippen LogP contribution in [0.2, 0.25) is 0 Å². The molecule has 1 aromatic carbocycles. The van der Waals surface area contributed by atoms with Crippen molar-refractivity contribution in [3.63, 3.8) is 0 Å². The number of likely N-dealkylation sites (tertiary alicyclic amines) is 1. The Balaban J connectivity index is 1.90. The highest BCUT2D eigenvalue weighted by Gasteiger charge is 2.22. The second kappa shape index (κ2) is 5.58. The van der Waals surface area contributed by atoms with Crippen molar-refractivity contribution in [3.05, 3.63) is 23.0 Å². The number of H-pyrrole nitrogens is 1. The summed E-state index contributed by atoms with van der Waals surface area (Å²) in [6.07, 6.45) is 1.26. The molecule has 0 spiro atoms. The summed E-state index contributed by atoms with van der Waals surface area (Å²) in [5, 5.41) is 0. The molecule has 1 aliphatic heterocycles. The summed E-state index contributed by atoms with van der Waals surface area (Å²) in [5.41, 5.74) is 2.23. The third-order valence-corrected chi connectivity index (χ3v) is 4.56. The van der Waals surface area contributed by atoms with Crippen molar-refractivity contribution < 1.29 is 4.74 Å². The smallest absolute Gasteiger partial charge is 0.178 e. The Kier molecular flexibility index (Phi) is 3.81. The molecule has 2 aromatic rings. The number of nitrogens with zero attached hydrogens (tertiary/aromatic N) is 2. The van der Waals surface area contributed by atoms with Gasteiger partial charge in [0.1, 0.15) is 5.75 Å². The van der Waals surface area contributed by atoms with Crippen LogP contribution in [0, 0.1) is 10.7 Å². The van der Waals surface area contributed by atoms with Crippen molar-refractivity contribution in [1.82, 2.24) is 14.5 Å². The van der Waals surface area contributed by atoms with Gasteiger partial charge in [-0.2, -0.15) is 0 Å². The maximum absolute atomic E-state index is 5.48. The SMILES string of the molecule is CCN1CCC(Cn2c(=S)[nH]c3ccc(OC)cc32)C1. The van der Waals surface area contributed by atoms with Crippen LogP contribution in [0.15, 0.2) is 18.2 Å². The number of fused-ring (bicyclic) bond motifs is 1. The van der Waals surface area contributed by atoms with E-state index in [1.54, 1.807) is 7.11 Å². The minimum Gasteiger partial charge on any atom is -0.497 e. The predicted octanol–water partition coefficient (Wildman–Crippen LogP) is 3.05. The van der Waals surface area contributed by atoms with Gasteiger partial charge in [-0.3, -0.25) is 0 Å². The minimum absolute atomic E-state index is 0.687.